The second kappa shape index (κ2) is 7.50. The van der Waals surface area contributed by atoms with E-state index in [4.69, 9.17) is 4.74 Å². The van der Waals surface area contributed by atoms with Crippen LogP contribution in [0.4, 0.5) is 0 Å². The lowest BCUT2D eigenvalue weighted by molar-refractivity contribution is 0.101. The van der Waals surface area contributed by atoms with Gasteiger partial charge in [-0.25, -0.2) is 0 Å². The fraction of sp³-hybridized carbons (Fsp3) is 0.188. The molecule has 2 aromatic carbocycles. The maximum atomic E-state index is 11.5. The fourth-order valence-electron chi connectivity index (χ4n) is 1.75. The number of hydrogen-bond acceptors (Lipinski definition) is 3. The largest absolute Gasteiger partial charge is 0.492 e. The van der Waals surface area contributed by atoms with E-state index in [1.807, 2.05) is 30.3 Å². The second-order valence-corrected chi connectivity index (χ2v) is 6.29. The van der Waals surface area contributed by atoms with E-state index in [-0.39, 0.29) is 5.78 Å². The molecule has 0 bridgehead atoms. The maximum Gasteiger partial charge on any atom is 0.163 e. The molecule has 20 heavy (non-hydrogen) atoms. The minimum atomic E-state index is 0.0280. The molecular weight excluding hydrogens is 336 g/mol. The third-order valence-electron chi connectivity index (χ3n) is 2.67. The zero-order chi connectivity index (χ0) is 14.4. The van der Waals surface area contributed by atoms with Gasteiger partial charge < -0.3 is 4.74 Å². The standard InChI is InChI=1S/C16H15BrO2S/c1-12(18)15-7-2-3-8-16(15)19-9-10-20-14-6-4-5-13(17)11-14/h2-8,11H,9-10H2,1H3. The number of ketones is 1. The molecule has 0 radical (unpaired) electrons. The number of carbonyl (C=O) groups is 1. The highest BCUT2D eigenvalue weighted by Crippen LogP contribution is 2.23. The van der Waals surface area contributed by atoms with E-state index in [2.05, 4.69) is 28.1 Å². The summed E-state index contributed by atoms with van der Waals surface area (Å²) in [6, 6.07) is 15.5. The molecule has 0 saturated carbocycles. The van der Waals surface area contributed by atoms with Crippen molar-refractivity contribution in [2.45, 2.75) is 11.8 Å². The van der Waals surface area contributed by atoms with Crippen molar-refractivity contribution in [3.05, 3.63) is 58.6 Å². The summed E-state index contributed by atoms with van der Waals surface area (Å²) in [6.45, 7) is 2.12. The Morgan fingerprint density at radius 3 is 2.75 bits per heavy atom. The molecule has 0 aliphatic rings. The molecule has 2 nitrogen and oxygen atoms in total. The minimum absolute atomic E-state index is 0.0280. The molecule has 0 atom stereocenters. The molecule has 0 aliphatic carbocycles. The van der Waals surface area contributed by atoms with Crippen LogP contribution in [-0.2, 0) is 0 Å². The van der Waals surface area contributed by atoms with Gasteiger partial charge in [0.05, 0.1) is 12.2 Å². The van der Waals surface area contributed by atoms with E-state index in [1.54, 1.807) is 24.8 Å². The van der Waals surface area contributed by atoms with Gasteiger partial charge in [0, 0.05) is 15.1 Å². The molecular formula is C16H15BrO2S. The molecule has 0 aromatic heterocycles. The zero-order valence-corrected chi connectivity index (χ0v) is 13.5. The number of rotatable bonds is 6. The number of carbonyl (C=O) groups excluding carboxylic acids is 1. The highest BCUT2D eigenvalue weighted by molar-refractivity contribution is 9.10. The predicted octanol–water partition coefficient (Wildman–Crippen LogP) is 4.82. The Hall–Kier alpha value is -1.26. The van der Waals surface area contributed by atoms with Gasteiger partial charge in [-0.1, -0.05) is 34.1 Å². The third kappa shape index (κ3) is 4.39. The molecule has 0 saturated heterocycles. The van der Waals surface area contributed by atoms with Crippen molar-refractivity contribution in [1.29, 1.82) is 0 Å². The molecule has 2 aromatic rings. The van der Waals surface area contributed by atoms with Crippen LogP contribution in [0.25, 0.3) is 0 Å². The lowest BCUT2D eigenvalue weighted by Gasteiger charge is -2.09. The van der Waals surface area contributed by atoms with Crippen molar-refractivity contribution < 1.29 is 9.53 Å². The first-order chi connectivity index (χ1) is 9.66. The molecule has 4 heteroatoms. The van der Waals surface area contributed by atoms with Gasteiger partial charge in [-0.2, -0.15) is 0 Å². The quantitative estimate of drug-likeness (QED) is 0.424. The number of hydrogen-bond donors (Lipinski definition) is 0. The average molecular weight is 351 g/mol. The Morgan fingerprint density at radius 2 is 2.00 bits per heavy atom. The number of thioether (sulfide) groups is 1. The summed E-state index contributed by atoms with van der Waals surface area (Å²) in [4.78, 5) is 12.7. The minimum Gasteiger partial charge on any atom is -0.492 e. The number of ether oxygens (including phenoxy) is 1. The Kier molecular flexibility index (Phi) is 5.68. The van der Waals surface area contributed by atoms with Crippen molar-refractivity contribution in [3.63, 3.8) is 0 Å². The molecule has 0 aliphatic heterocycles. The maximum absolute atomic E-state index is 11.5. The molecule has 0 N–H and O–H groups in total. The highest BCUT2D eigenvalue weighted by Gasteiger charge is 2.06. The lowest BCUT2D eigenvalue weighted by atomic mass is 10.1. The SMILES string of the molecule is CC(=O)c1ccccc1OCCSc1cccc(Br)c1. The van der Waals surface area contributed by atoms with Gasteiger partial charge in [0.25, 0.3) is 0 Å². The lowest BCUT2D eigenvalue weighted by Crippen LogP contribution is -2.04. The Labute approximate surface area is 131 Å². The zero-order valence-electron chi connectivity index (χ0n) is 11.1. The summed E-state index contributed by atoms with van der Waals surface area (Å²) < 4.78 is 6.77. The van der Waals surface area contributed by atoms with Crippen LogP contribution in [0.2, 0.25) is 0 Å². The number of para-hydroxylation sites is 1. The molecule has 2 rings (SSSR count). The summed E-state index contributed by atoms with van der Waals surface area (Å²) in [5.41, 5.74) is 0.639. The fourth-order valence-corrected chi connectivity index (χ4v) is 3.09. The number of Topliss-reactive ketones (excluding diaryl/α,β-unsaturated/α-hetero) is 1. The summed E-state index contributed by atoms with van der Waals surface area (Å²) in [6.07, 6.45) is 0. The van der Waals surface area contributed by atoms with E-state index >= 15 is 0 Å². The second-order valence-electron chi connectivity index (χ2n) is 4.21. The van der Waals surface area contributed by atoms with Gasteiger partial charge in [-0.05, 0) is 37.3 Å². The Bertz CT molecular complexity index is 599. The molecule has 104 valence electrons. The van der Waals surface area contributed by atoms with E-state index < -0.39 is 0 Å². The van der Waals surface area contributed by atoms with Gasteiger partial charge in [0.2, 0.25) is 0 Å². The molecule has 0 unspecified atom stereocenters. The van der Waals surface area contributed by atoms with Gasteiger partial charge in [0.15, 0.2) is 5.78 Å². The van der Waals surface area contributed by atoms with E-state index in [0.29, 0.717) is 17.9 Å². The molecule has 0 fully saturated rings. The third-order valence-corrected chi connectivity index (χ3v) is 4.12. The molecule has 0 heterocycles. The summed E-state index contributed by atoms with van der Waals surface area (Å²) in [5, 5.41) is 0. The van der Waals surface area contributed by atoms with Crippen molar-refractivity contribution in [2.75, 3.05) is 12.4 Å². The van der Waals surface area contributed by atoms with Gasteiger partial charge in [-0.15, -0.1) is 11.8 Å². The average Bonchev–Trinajstić information content (AvgIpc) is 2.44. The first-order valence-corrected chi connectivity index (χ1v) is 8.06. The van der Waals surface area contributed by atoms with Crippen LogP contribution in [0.15, 0.2) is 57.9 Å². The summed E-state index contributed by atoms with van der Waals surface area (Å²) in [7, 11) is 0. The van der Waals surface area contributed by atoms with Crippen LogP contribution in [0.3, 0.4) is 0 Å². The van der Waals surface area contributed by atoms with Crippen LogP contribution in [-0.4, -0.2) is 18.1 Å². The van der Waals surface area contributed by atoms with Crippen LogP contribution < -0.4 is 4.74 Å². The monoisotopic (exact) mass is 350 g/mol. The van der Waals surface area contributed by atoms with E-state index in [0.717, 1.165) is 10.2 Å². The van der Waals surface area contributed by atoms with Crippen LogP contribution in [0, 0.1) is 0 Å². The molecule has 0 spiro atoms. The van der Waals surface area contributed by atoms with Crippen LogP contribution in [0.5, 0.6) is 5.75 Å². The van der Waals surface area contributed by atoms with Crippen LogP contribution in [0.1, 0.15) is 17.3 Å². The van der Waals surface area contributed by atoms with Crippen molar-refractivity contribution >= 4 is 33.5 Å². The summed E-state index contributed by atoms with van der Waals surface area (Å²) in [5.74, 6) is 1.53. The summed E-state index contributed by atoms with van der Waals surface area (Å²) >= 11 is 5.18. The Balaban J connectivity index is 1.86. The van der Waals surface area contributed by atoms with E-state index in [9.17, 15) is 4.79 Å². The van der Waals surface area contributed by atoms with Crippen molar-refractivity contribution in [2.24, 2.45) is 0 Å². The highest BCUT2D eigenvalue weighted by atomic mass is 79.9. The first-order valence-electron chi connectivity index (χ1n) is 6.28. The Morgan fingerprint density at radius 1 is 1.20 bits per heavy atom. The smallest absolute Gasteiger partial charge is 0.163 e. The van der Waals surface area contributed by atoms with Crippen LogP contribution >= 0.6 is 27.7 Å². The van der Waals surface area contributed by atoms with Crippen molar-refractivity contribution in [3.8, 4) is 5.75 Å². The number of halogens is 1. The topological polar surface area (TPSA) is 26.3 Å². The van der Waals surface area contributed by atoms with Gasteiger partial charge in [-0.3, -0.25) is 4.79 Å². The normalized spacial score (nSPS) is 10.3. The molecule has 0 amide bonds. The predicted molar refractivity (Wildman–Crippen MR) is 86.8 cm³/mol. The van der Waals surface area contributed by atoms with Crippen molar-refractivity contribution in [1.82, 2.24) is 0 Å². The number of benzene rings is 2. The first kappa shape index (κ1) is 15.1. The van der Waals surface area contributed by atoms with E-state index in [1.165, 1.54) is 4.90 Å². The van der Waals surface area contributed by atoms with Gasteiger partial charge in [0.1, 0.15) is 5.75 Å². The van der Waals surface area contributed by atoms with Gasteiger partial charge >= 0.3 is 0 Å².